The lowest BCUT2D eigenvalue weighted by molar-refractivity contribution is -0.120. The summed E-state index contributed by atoms with van der Waals surface area (Å²) in [6, 6.07) is 12.4. The number of hydrogen-bond acceptors (Lipinski definition) is 4. The van der Waals surface area contributed by atoms with Gasteiger partial charge < -0.3 is 10.1 Å². The minimum Gasteiger partial charge on any atom is -0.496 e. The maximum absolute atomic E-state index is 12.7. The number of amides is 1. The van der Waals surface area contributed by atoms with Gasteiger partial charge in [-0.25, -0.2) is 8.42 Å². The smallest absolute Gasteiger partial charge is 0.241 e. The molecule has 7 heteroatoms. The van der Waals surface area contributed by atoms with Crippen molar-refractivity contribution in [3.05, 3.63) is 59.2 Å². The average Bonchev–Trinajstić information content (AvgIpc) is 2.65. The number of rotatable bonds is 8. The summed E-state index contributed by atoms with van der Waals surface area (Å²) in [5.41, 5.74) is 3.51. The predicted octanol–water partition coefficient (Wildman–Crippen LogP) is 3.77. The van der Waals surface area contributed by atoms with Gasteiger partial charge in [-0.15, -0.1) is 0 Å². The number of para-hydroxylation sites is 1. The second-order valence-electron chi connectivity index (χ2n) is 7.50. The van der Waals surface area contributed by atoms with Crippen molar-refractivity contribution in [3.8, 4) is 5.75 Å². The number of methoxy groups -OCH3 is 1. The van der Waals surface area contributed by atoms with Crippen molar-refractivity contribution in [2.45, 2.75) is 39.7 Å². The van der Waals surface area contributed by atoms with E-state index in [4.69, 9.17) is 4.74 Å². The highest BCUT2D eigenvalue weighted by Crippen LogP contribution is 2.32. The van der Waals surface area contributed by atoms with E-state index in [1.807, 2.05) is 19.9 Å². The minimum absolute atomic E-state index is 0.269. The molecule has 0 aliphatic rings. The number of carbonyl (C=O) groups is 1. The van der Waals surface area contributed by atoms with E-state index < -0.39 is 10.0 Å². The average molecular weight is 419 g/mol. The lowest BCUT2D eigenvalue weighted by Gasteiger charge is -2.24. The summed E-state index contributed by atoms with van der Waals surface area (Å²) < 4.78 is 31.0. The fraction of sp³-hybridized carbons (Fsp3) is 0.409. The first kappa shape index (κ1) is 22.7. The van der Waals surface area contributed by atoms with Crippen LogP contribution in [0.4, 0.5) is 5.69 Å². The van der Waals surface area contributed by atoms with E-state index >= 15 is 0 Å². The van der Waals surface area contributed by atoms with Crippen LogP contribution >= 0.6 is 0 Å². The maximum atomic E-state index is 12.7. The van der Waals surface area contributed by atoms with Crippen molar-refractivity contribution in [3.63, 3.8) is 0 Å². The van der Waals surface area contributed by atoms with Crippen LogP contribution in [0.15, 0.2) is 42.5 Å². The summed E-state index contributed by atoms with van der Waals surface area (Å²) in [4.78, 5) is 12.7. The molecule has 0 aliphatic heterocycles. The Hall–Kier alpha value is -2.54. The fourth-order valence-corrected chi connectivity index (χ4v) is 4.16. The predicted molar refractivity (Wildman–Crippen MR) is 117 cm³/mol. The number of sulfonamides is 1. The third-order valence-corrected chi connectivity index (χ3v) is 5.96. The third kappa shape index (κ3) is 5.73. The second kappa shape index (κ2) is 9.31. The Balaban J connectivity index is 2.23. The van der Waals surface area contributed by atoms with Crippen LogP contribution in [0.3, 0.4) is 0 Å². The first-order valence-electron chi connectivity index (χ1n) is 9.55. The van der Waals surface area contributed by atoms with Crippen molar-refractivity contribution in [1.82, 2.24) is 5.32 Å². The highest BCUT2D eigenvalue weighted by molar-refractivity contribution is 7.92. The molecular formula is C22H30N2O4S. The van der Waals surface area contributed by atoms with Crippen molar-refractivity contribution in [1.29, 1.82) is 0 Å². The molecule has 2 aromatic rings. The van der Waals surface area contributed by atoms with Crippen LogP contribution < -0.4 is 14.4 Å². The molecule has 0 aliphatic carbocycles. The molecule has 0 radical (unpaired) electrons. The van der Waals surface area contributed by atoms with Crippen LogP contribution in [0.1, 0.15) is 49.4 Å². The molecule has 0 saturated carbocycles. The summed E-state index contributed by atoms with van der Waals surface area (Å²) in [7, 11) is -1.94. The lowest BCUT2D eigenvalue weighted by atomic mass is 9.93. The molecule has 158 valence electrons. The Morgan fingerprint density at radius 3 is 2.24 bits per heavy atom. The third-order valence-electron chi connectivity index (χ3n) is 4.82. The molecule has 0 aromatic heterocycles. The monoisotopic (exact) mass is 418 g/mol. The summed E-state index contributed by atoms with van der Waals surface area (Å²) in [6.07, 6.45) is 1.10. The largest absolute Gasteiger partial charge is 0.496 e. The molecule has 0 heterocycles. The highest BCUT2D eigenvalue weighted by Gasteiger charge is 2.22. The Morgan fingerprint density at radius 2 is 1.72 bits per heavy atom. The molecule has 1 atom stereocenters. The van der Waals surface area contributed by atoms with E-state index in [9.17, 15) is 13.2 Å². The summed E-state index contributed by atoms with van der Waals surface area (Å²) >= 11 is 0. The summed E-state index contributed by atoms with van der Waals surface area (Å²) in [5.74, 6) is 0.728. The standard InChI is InChI=1S/C22H30N2O4S/c1-15(2)19-13-20(16(3)12-21(19)28-5)17(4)23-22(25)14-24(29(6,26)27)18-10-8-7-9-11-18/h7-13,15,17H,14H2,1-6H3,(H,23,25)/t17-/m0/s1. The molecule has 1 amide bonds. The van der Waals surface area contributed by atoms with Gasteiger partial charge in [0.05, 0.1) is 25.1 Å². The quantitative estimate of drug-likeness (QED) is 0.708. The van der Waals surface area contributed by atoms with Crippen LogP contribution in [0.25, 0.3) is 0 Å². The highest BCUT2D eigenvalue weighted by atomic mass is 32.2. The zero-order chi connectivity index (χ0) is 21.8. The number of hydrogen-bond donors (Lipinski definition) is 1. The molecule has 6 nitrogen and oxygen atoms in total. The van der Waals surface area contributed by atoms with Gasteiger partial charge in [0.2, 0.25) is 15.9 Å². The molecule has 0 unspecified atom stereocenters. The SMILES string of the molecule is COc1cc(C)c([C@H](C)NC(=O)CN(c2ccccc2)S(C)(=O)=O)cc1C(C)C. The van der Waals surface area contributed by atoms with E-state index in [1.165, 1.54) is 0 Å². The molecule has 0 saturated heterocycles. The van der Waals surface area contributed by atoms with E-state index in [0.29, 0.717) is 5.69 Å². The van der Waals surface area contributed by atoms with Crippen LogP contribution in [-0.4, -0.2) is 34.2 Å². The molecule has 0 bridgehead atoms. The number of anilines is 1. The number of nitrogens with zero attached hydrogens (tertiary/aromatic N) is 1. The number of carbonyl (C=O) groups excluding carboxylic acids is 1. The Bertz CT molecular complexity index is 956. The van der Waals surface area contributed by atoms with Gasteiger partial charge in [0, 0.05) is 0 Å². The zero-order valence-electron chi connectivity index (χ0n) is 17.9. The lowest BCUT2D eigenvalue weighted by Crippen LogP contribution is -2.41. The fourth-order valence-electron chi connectivity index (χ4n) is 3.30. The van der Waals surface area contributed by atoms with E-state index in [1.54, 1.807) is 37.4 Å². The normalized spacial score (nSPS) is 12.5. The topological polar surface area (TPSA) is 75.7 Å². The molecule has 0 spiro atoms. The summed E-state index contributed by atoms with van der Waals surface area (Å²) in [6.45, 7) is 7.76. The first-order valence-corrected chi connectivity index (χ1v) is 11.4. The number of aryl methyl sites for hydroxylation is 1. The van der Waals surface area contributed by atoms with E-state index in [2.05, 4.69) is 25.2 Å². The summed E-state index contributed by atoms with van der Waals surface area (Å²) in [5, 5.41) is 2.93. The number of benzene rings is 2. The Labute approximate surface area is 173 Å². The van der Waals surface area contributed by atoms with E-state index in [-0.39, 0.29) is 24.4 Å². The molecule has 1 N–H and O–H groups in total. The number of ether oxygens (including phenoxy) is 1. The van der Waals surface area contributed by atoms with Gasteiger partial charge in [-0.3, -0.25) is 9.10 Å². The second-order valence-corrected chi connectivity index (χ2v) is 9.41. The van der Waals surface area contributed by atoms with Gasteiger partial charge in [-0.1, -0.05) is 32.0 Å². The van der Waals surface area contributed by atoms with Gasteiger partial charge in [0.25, 0.3) is 0 Å². The molecule has 29 heavy (non-hydrogen) atoms. The molecule has 0 fully saturated rings. The van der Waals surface area contributed by atoms with Gasteiger partial charge in [-0.05, 0) is 60.7 Å². The van der Waals surface area contributed by atoms with Crippen LogP contribution in [0.5, 0.6) is 5.75 Å². The van der Waals surface area contributed by atoms with Crippen molar-refractivity contribution in [2.75, 3.05) is 24.2 Å². The molecule has 2 aromatic carbocycles. The number of nitrogens with one attached hydrogen (secondary N) is 1. The Kier molecular flexibility index (Phi) is 7.30. The van der Waals surface area contributed by atoms with Gasteiger partial charge in [0.15, 0.2) is 0 Å². The van der Waals surface area contributed by atoms with Crippen LogP contribution in [0.2, 0.25) is 0 Å². The Morgan fingerprint density at radius 1 is 1.10 bits per heavy atom. The van der Waals surface area contributed by atoms with Crippen molar-refractivity contribution in [2.24, 2.45) is 0 Å². The molecule has 2 rings (SSSR count). The minimum atomic E-state index is -3.59. The van der Waals surface area contributed by atoms with E-state index in [0.717, 1.165) is 33.0 Å². The van der Waals surface area contributed by atoms with Gasteiger partial charge in [-0.2, -0.15) is 0 Å². The van der Waals surface area contributed by atoms with Crippen molar-refractivity contribution >= 4 is 21.6 Å². The van der Waals surface area contributed by atoms with Crippen LogP contribution in [-0.2, 0) is 14.8 Å². The van der Waals surface area contributed by atoms with Gasteiger partial charge >= 0.3 is 0 Å². The zero-order valence-corrected chi connectivity index (χ0v) is 18.7. The van der Waals surface area contributed by atoms with Gasteiger partial charge in [0.1, 0.15) is 12.3 Å². The molecular weight excluding hydrogens is 388 g/mol. The first-order chi connectivity index (χ1) is 13.5. The van der Waals surface area contributed by atoms with Crippen molar-refractivity contribution < 1.29 is 17.9 Å². The maximum Gasteiger partial charge on any atom is 0.241 e. The van der Waals surface area contributed by atoms with Crippen LogP contribution in [0, 0.1) is 6.92 Å².